The Bertz CT molecular complexity index is 690. The highest BCUT2D eigenvalue weighted by molar-refractivity contribution is 7.92. The van der Waals surface area contributed by atoms with Gasteiger partial charge in [0.15, 0.2) is 0 Å². The van der Waals surface area contributed by atoms with Crippen LogP contribution < -0.4 is 0 Å². The minimum atomic E-state index is -3.53. The summed E-state index contributed by atoms with van der Waals surface area (Å²) in [5.74, 6) is -0.532. The molecule has 3 rings (SSSR count). The van der Waals surface area contributed by atoms with Gasteiger partial charge in [-0.1, -0.05) is 24.3 Å². The van der Waals surface area contributed by atoms with Crippen molar-refractivity contribution in [1.82, 2.24) is 0 Å². The first-order valence-electron chi connectivity index (χ1n) is 4.75. The molecule has 0 spiro atoms. The molecule has 0 saturated carbocycles. The Hall–Kier alpha value is -1.68. The van der Waals surface area contributed by atoms with Crippen molar-refractivity contribution in [1.29, 1.82) is 0 Å². The molecule has 0 aromatic heterocycles. The Morgan fingerprint density at radius 1 is 0.875 bits per heavy atom. The van der Waals surface area contributed by atoms with Crippen LogP contribution in [0.15, 0.2) is 52.3 Å². The van der Waals surface area contributed by atoms with Crippen LogP contribution in [0.2, 0.25) is 0 Å². The average molecular weight is 234 g/mol. The van der Waals surface area contributed by atoms with E-state index < -0.39 is 15.7 Å². The molecule has 1 aliphatic rings. The van der Waals surface area contributed by atoms with Crippen molar-refractivity contribution >= 4 is 9.84 Å². The first-order valence-corrected chi connectivity index (χ1v) is 6.23. The zero-order valence-electron chi connectivity index (χ0n) is 8.14. The fourth-order valence-electron chi connectivity index (χ4n) is 1.98. The first kappa shape index (κ1) is 9.54. The Labute approximate surface area is 92.3 Å². The smallest absolute Gasteiger partial charge is 0.207 e. The predicted octanol–water partition coefficient (Wildman–Crippen LogP) is 2.64. The van der Waals surface area contributed by atoms with E-state index >= 15 is 0 Å². The standard InChI is InChI=1S/C12H7FO2S/c13-8-5-6-10-9-3-1-2-4-11(9)16(14,15)12(10)7-8/h1-7H. The molecule has 80 valence electrons. The van der Waals surface area contributed by atoms with Gasteiger partial charge in [0.2, 0.25) is 9.84 Å². The Kier molecular flexibility index (Phi) is 1.74. The van der Waals surface area contributed by atoms with E-state index in [0.29, 0.717) is 11.1 Å². The van der Waals surface area contributed by atoms with Gasteiger partial charge in [-0.25, -0.2) is 12.8 Å². The number of hydrogen-bond donors (Lipinski definition) is 0. The summed E-state index contributed by atoms with van der Waals surface area (Å²) in [6.45, 7) is 0. The summed E-state index contributed by atoms with van der Waals surface area (Å²) >= 11 is 0. The van der Waals surface area contributed by atoms with Crippen molar-refractivity contribution in [3.05, 3.63) is 48.3 Å². The SMILES string of the molecule is O=S1(=O)c2ccccc2-c2ccc(F)cc21. The lowest BCUT2D eigenvalue weighted by atomic mass is 10.1. The van der Waals surface area contributed by atoms with Crippen LogP contribution in [0.1, 0.15) is 0 Å². The maximum atomic E-state index is 13.1. The fourth-order valence-corrected chi connectivity index (χ4v) is 3.68. The highest BCUT2D eigenvalue weighted by atomic mass is 32.2. The summed E-state index contributed by atoms with van der Waals surface area (Å²) in [4.78, 5) is 0.323. The summed E-state index contributed by atoms with van der Waals surface area (Å²) in [5.41, 5.74) is 1.23. The van der Waals surface area contributed by atoms with Crippen molar-refractivity contribution in [2.75, 3.05) is 0 Å². The number of hydrogen-bond acceptors (Lipinski definition) is 2. The number of benzene rings is 2. The molecule has 2 aromatic carbocycles. The molecule has 0 bridgehead atoms. The monoisotopic (exact) mass is 234 g/mol. The van der Waals surface area contributed by atoms with Crippen LogP contribution in [0.4, 0.5) is 4.39 Å². The molecule has 2 nitrogen and oxygen atoms in total. The maximum Gasteiger partial charge on any atom is 0.207 e. The first-order chi connectivity index (χ1) is 7.60. The zero-order valence-corrected chi connectivity index (χ0v) is 8.96. The van der Waals surface area contributed by atoms with Gasteiger partial charge < -0.3 is 0 Å². The normalized spacial score (nSPS) is 15.6. The van der Waals surface area contributed by atoms with E-state index in [0.717, 1.165) is 6.07 Å². The van der Waals surface area contributed by atoms with E-state index in [1.165, 1.54) is 12.1 Å². The maximum absolute atomic E-state index is 13.1. The molecule has 0 amide bonds. The second-order valence-corrected chi connectivity index (χ2v) is 5.53. The van der Waals surface area contributed by atoms with Crippen molar-refractivity contribution in [3.8, 4) is 11.1 Å². The van der Waals surface area contributed by atoms with E-state index in [1.807, 2.05) is 0 Å². The molecule has 16 heavy (non-hydrogen) atoms. The average Bonchev–Trinajstić information content (AvgIpc) is 2.49. The lowest BCUT2D eigenvalue weighted by Crippen LogP contribution is -1.96. The van der Waals surface area contributed by atoms with E-state index in [9.17, 15) is 12.8 Å². The van der Waals surface area contributed by atoms with Crippen LogP contribution in [0.5, 0.6) is 0 Å². The Morgan fingerprint density at radius 3 is 2.38 bits per heavy atom. The molecule has 0 atom stereocenters. The molecule has 0 aliphatic carbocycles. The largest absolute Gasteiger partial charge is 0.218 e. The molecule has 1 aliphatic heterocycles. The van der Waals surface area contributed by atoms with Crippen LogP contribution in [0, 0.1) is 5.82 Å². The molecule has 0 radical (unpaired) electrons. The van der Waals surface area contributed by atoms with Gasteiger partial charge in [0.1, 0.15) is 5.82 Å². The fraction of sp³-hybridized carbons (Fsp3) is 0. The van der Waals surface area contributed by atoms with Gasteiger partial charge in [-0.3, -0.25) is 0 Å². The van der Waals surface area contributed by atoms with Crippen LogP contribution in [0.25, 0.3) is 11.1 Å². The summed E-state index contributed by atoms with van der Waals surface area (Å²) in [5, 5.41) is 0. The molecule has 0 unspecified atom stereocenters. The number of halogens is 1. The Morgan fingerprint density at radius 2 is 1.56 bits per heavy atom. The predicted molar refractivity (Wildman–Crippen MR) is 57.3 cm³/mol. The second kappa shape index (κ2) is 2.92. The molecular formula is C12H7FO2S. The van der Waals surface area contributed by atoms with Crippen molar-refractivity contribution in [2.24, 2.45) is 0 Å². The number of sulfone groups is 1. The van der Waals surface area contributed by atoms with Crippen LogP contribution >= 0.6 is 0 Å². The Balaban J connectivity index is 2.49. The molecule has 1 heterocycles. The summed E-state index contributed by atoms with van der Waals surface area (Å²) in [6.07, 6.45) is 0. The topological polar surface area (TPSA) is 34.1 Å². The van der Waals surface area contributed by atoms with Crippen molar-refractivity contribution in [2.45, 2.75) is 9.79 Å². The second-order valence-electron chi connectivity index (χ2n) is 3.64. The van der Waals surface area contributed by atoms with E-state index in [-0.39, 0.29) is 9.79 Å². The van der Waals surface area contributed by atoms with Gasteiger partial charge in [0, 0.05) is 11.1 Å². The van der Waals surface area contributed by atoms with Gasteiger partial charge in [-0.05, 0) is 18.2 Å². The third kappa shape index (κ3) is 1.08. The number of fused-ring (bicyclic) bond motifs is 3. The van der Waals surface area contributed by atoms with Gasteiger partial charge in [-0.2, -0.15) is 0 Å². The van der Waals surface area contributed by atoms with E-state index in [2.05, 4.69) is 0 Å². The molecule has 0 saturated heterocycles. The lowest BCUT2D eigenvalue weighted by molar-refractivity contribution is 0.594. The molecule has 2 aromatic rings. The van der Waals surface area contributed by atoms with Crippen LogP contribution in [0.3, 0.4) is 0 Å². The van der Waals surface area contributed by atoms with E-state index in [4.69, 9.17) is 0 Å². The molecule has 0 N–H and O–H groups in total. The molecular weight excluding hydrogens is 227 g/mol. The molecule has 4 heteroatoms. The van der Waals surface area contributed by atoms with Crippen LogP contribution in [-0.4, -0.2) is 8.42 Å². The van der Waals surface area contributed by atoms with Gasteiger partial charge in [0.25, 0.3) is 0 Å². The van der Waals surface area contributed by atoms with Gasteiger partial charge >= 0.3 is 0 Å². The van der Waals surface area contributed by atoms with Crippen molar-refractivity contribution < 1.29 is 12.8 Å². The van der Waals surface area contributed by atoms with Gasteiger partial charge in [0.05, 0.1) is 9.79 Å². The summed E-state index contributed by atoms with van der Waals surface area (Å²) < 4.78 is 37.2. The van der Waals surface area contributed by atoms with Crippen molar-refractivity contribution in [3.63, 3.8) is 0 Å². The quantitative estimate of drug-likeness (QED) is 0.599. The molecule has 0 fully saturated rings. The summed E-state index contributed by atoms with van der Waals surface area (Å²) in [6, 6.07) is 10.6. The van der Waals surface area contributed by atoms with E-state index in [1.54, 1.807) is 24.3 Å². The van der Waals surface area contributed by atoms with Gasteiger partial charge in [-0.15, -0.1) is 0 Å². The third-order valence-corrected chi connectivity index (χ3v) is 4.55. The summed E-state index contributed by atoms with van der Waals surface area (Å²) in [7, 11) is -3.53. The number of rotatable bonds is 0. The lowest BCUT2D eigenvalue weighted by Gasteiger charge is -1.97. The minimum Gasteiger partial charge on any atom is -0.218 e. The third-order valence-electron chi connectivity index (χ3n) is 2.70. The minimum absolute atomic E-state index is 0.0636. The van der Waals surface area contributed by atoms with Crippen LogP contribution in [-0.2, 0) is 9.84 Å². The highest BCUT2D eigenvalue weighted by Gasteiger charge is 2.32. The zero-order chi connectivity index (χ0) is 11.3. The highest BCUT2D eigenvalue weighted by Crippen LogP contribution is 2.42.